The van der Waals surface area contributed by atoms with Crippen molar-refractivity contribution < 1.29 is 19.4 Å². The number of aliphatic hydroxyl groups is 1. The van der Waals surface area contributed by atoms with Crippen LogP contribution in [0.3, 0.4) is 0 Å². The summed E-state index contributed by atoms with van der Waals surface area (Å²) < 4.78 is 5.48. The lowest BCUT2D eigenvalue weighted by molar-refractivity contribution is -0.126. The van der Waals surface area contributed by atoms with Crippen molar-refractivity contribution in [1.29, 1.82) is 0 Å². The van der Waals surface area contributed by atoms with Gasteiger partial charge in [-0.25, -0.2) is 0 Å². The van der Waals surface area contributed by atoms with Gasteiger partial charge >= 0.3 is 0 Å². The molecule has 0 radical (unpaired) electrons. The van der Waals surface area contributed by atoms with Gasteiger partial charge in [-0.15, -0.1) is 0 Å². The third-order valence-corrected chi connectivity index (χ3v) is 7.99. The maximum Gasteiger partial charge on any atom is 0.223 e. The molecule has 2 aliphatic heterocycles. The number of carbonyl (C=O) groups excluding carboxylic acids is 2. The van der Waals surface area contributed by atoms with Crippen molar-refractivity contribution in [3.05, 3.63) is 24.3 Å². The highest BCUT2D eigenvalue weighted by molar-refractivity contribution is 5.80. The van der Waals surface area contributed by atoms with Crippen LogP contribution < -0.4 is 15.0 Å². The summed E-state index contributed by atoms with van der Waals surface area (Å²) in [5.74, 6) is 1.26. The van der Waals surface area contributed by atoms with E-state index in [-0.39, 0.29) is 23.1 Å². The number of methoxy groups -OCH3 is 1. The molecule has 34 heavy (non-hydrogen) atoms. The highest BCUT2D eigenvalue weighted by Gasteiger charge is 2.44. The van der Waals surface area contributed by atoms with Crippen LogP contribution in [0.15, 0.2) is 24.3 Å². The van der Waals surface area contributed by atoms with E-state index in [9.17, 15) is 14.7 Å². The van der Waals surface area contributed by atoms with Crippen LogP contribution in [0, 0.1) is 11.3 Å². The molecule has 8 heteroatoms. The Bertz CT molecular complexity index is 847. The fourth-order valence-corrected chi connectivity index (χ4v) is 5.89. The van der Waals surface area contributed by atoms with E-state index >= 15 is 0 Å². The van der Waals surface area contributed by atoms with Gasteiger partial charge in [0, 0.05) is 65.2 Å². The third kappa shape index (κ3) is 5.84. The maximum absolute atomic E-state index is 12.6. The molecule has 1 aliphatic carbocycles. The summed E-state index contributed by atoms with van der Waals surface area (Å²) in [6.45, 7) is 5.54. The summed E-state index contributed by atoms with van der Waals surface area (Å²) in [4.78, 5) is 31.0. The minimum atomic E-state index is -0.451. The van der Waals surface area contributed by atoms with Gasteiger partial charge in [0.25, 0.3) is 0 Å². The summed E-state index contributed by atoms with van der Waals surface area (Å²) in [6.07, 6.45) is 4.35. The van der Waals surface area contributed by atoms with Crippen molar-refractivity contribution in [2.75, 3.05) is 64.9 Å². The zero-order chi connectivity index (χ0) is 24.1. The Balaban J connectivity index is 1.12. The van der Waals surface area contributed by atoms with Crippen LogP contribution in [-0.4, -0.2) is 92.8 Å². The number of nitrogens with zero attached hydrogens (tertiary/aromatic N) is 3. The van der Waals surface area contributed by atoms with E-state index in [0.717, 1.165) is 69.8 Å². The van der Waals surface area contributed by atoms with Crippen LogP contribution in [0.2, 0.25) is 0 Å². The summed E-state index contributed by atoms with van der Waals surface area (Å²) >= 11 is 0. The number of hydrogen-bond acceptors (Lipinski definition) is 6. The van der Waals surface area contributed by atoms with Crippen LogP contribution in [-0.2, 0) is 9.59 Å². The number of β-amino-alcohol motifs (C(OH)–C–C–N with tert-alkyl or cyclic N) is 1. The minimum absolute atomic E-state index is 0.0341. The SMILES string of the molecule is COc1ccccc1N1CCN(C[C@H](O)CCNC(=O)C2CCC3(CC2)CC(=O)N(C)C3)CC1. The quantitative estimate of drug-likeness (QED) is 0.599. The second-order valence-electron chi connectivity index (χ2n) is 10.4. The van der Waals surface area contributed by atoms with Gasteiger partial charge in [0.2, 0.25) is 11.8 Å². The monoisotopic (exact) mass is 472 g/mol. The van der Waals surface area contributed by atoms with E-state index in [0.29, 0.717) is 25.9 Å². The number of carbonyl (C=O) groups is 2. The molecular weight excluding hydrogens is 432 g/mol. The topological polar surface area (TPSA) is 85.3 Å². The number of nitrogens with one attached hydrogen (secondary N) is 1. The molecule has 3 aliphatic rings. The van der Waals surface area contributed by atoms with Crippen LogP contribution in [0.5, 0.6) is 5.75 Å². The molecule has 1 spiro atoms. The summed E-state index contributed by atoms with van der Waals surface area (Å²) in [7, 11) is 3.58. The second kappa shape index (κ2) is 11.0. The highest BCUT2D eigenvalue weighted by atomic mass is 16.5. The Hall–Kier alpha value is -2.32. The van der Waals surface area contributed by atoms with E-state index in [2.05, 4.69) is 21.2 Å². The van der Waals surface area contributed by atoms with Crippen molar-refractivity contribution in [1.82, 2.24) is 15.1 Å². The van der Waals surface area contributed by atoms with Crippen molar-refractivity contribution in [3.8, 4) is 5.75 Å². The zero-order valence-electron chi connectivity index (χ0n) is 20.7. The number of para-hydroxylation sites is 2. The Morgan fingerprint density at radius 2 is 1.91 bits per heavy atom. The molecule has 1 atom stereocenters. The highest BCUT2D eigenvalue weighted by Crippen LogP contribution is 2.45. The Labute approximate surface area is 203 Å². The number of rotatable bonds is 8. The van der Waals surface area contributed by atoms with E-state index in [1.807, 2.05) is 30.1 Å². The maximum atomic E-state index is 12.6. The molecule has 0 unspecified atom stereocenters. The van der Waals surface area contributed by atoms with E-state index in [4.69, 9.17) is 4.74 Å². The zero-order valence-corrected chi connectivity index (χ0v) is 20.7. The molecular formula is C26H40N4O4. The van der Waals surface area contributed by atoms with E-state index in [1.165, 1.54) is 0 Å². The largest absolute Gasteiger partial charge is 0.495 e. The average molecular weight is 473 g/mol. The lowest BCUT2D eigenvalue weighted by atomic mass is 9.69. The van der Waals surface area contributed by atoms with Gasteiger partial charge in [0.1, 0.15) is 5.75 Å². The molecule has 2 saturated heterocycles. The second-order valence-corrected chi connectivity index (χ2v) is 10.4. The molecule has 2 amide bonds. The normalized spacial score (nSPS) is 26.7. The number of anilines is 1. The van der Waals surface area contributed by atoms with Crippen LogP contribution >= 0.6 is 0 Å². The Morgan fingerprint density at radius 1 is 1.21 bits per heavy atom. The van der Waals surface area contributed by atoms with Crippen molar-refractivity contribution in [2.45, 2.75) is 44.6 Å². The molecule has 0 aromatic heterocycles. The van der Waals surface area contributed by atoms with Crippen molar-refractivity contribution in [2.24, 2.45) is 11.3 Å². The first kappa shape index (κ1) is 24.8. The van der Waals surface area contributed by atoms with E-state index in [1.54, 1.807) is 7.11 Å². The molecule has 2 heterocycles. The van der Waals surface area contributed by atoms with Gasteiger partial charge < -0.3 is 25.0 Å². The number of benzene rings is 1. The number of hydrogen-bond donors (Lipinski definition) is 2. The lowest BCUT2D eigenvalue weighted by Gasteiger charge is -2.37. The van der Waals surface area contributed by atoms with Crippen LogP contribution in [0.1, 0.15) is 38.5 Å². The Kier molecular flexibility index (Phi) is 7.99. The van der Waals surface area contributed by atoms with Gasteiger partial charge in [-0.1, -0.05) is 12.1 Å². The molecule has 1 saturated carbocycles. The molecule has 2 N–H and O–H groups in total. The summed E-state index contributed by atoms with van der Waals surface area (Å²) in [5.41, 5.74) is 1.21. The predicted octanol–water partition coefficient (Wildman–Crippen LogP) is 1.72. The van der Waals surface area contributed by atoms with Crippen molar-refractivity contribution in [3.63, 3.8) is 0 Å². The van der Waals surface area contributed by atoms with Gasteiger partial charge in [0.15, 0.2) is 0 Å². The lowest BCUT2D eigenvalue weighted by Crippen LogP contribution is -2.49. The summed E-state index contributed by atoms with van der Waals surface area (Å²) in [5, 5.41) is 13.6. The number of amides is 2. The number of aliphatic hydroxyl groups excluding tert-OH is 1. The van der Waals surface area contributed by atoms with Gasteiger partial charge in [0.05, 0.1) is 18.9 Å². The minimum Gasteiger partial charge on any atom is -0.495 e. The first-order chi connectivity index (χ1) is 16.4. The fourth-order valence-electron chi connectivity index (χ4n) is 5.89. The standard InChI is InChI=1S/C26H40N4O4/c1-28-19-26(17-24(28)32)10-7-20(8-11-26)25(33)27-12-9-21(31)18-29-13-15-30(16-14-29)22-5-3-4-6-23(22)34-2/h3-6,20-21,31H,7-19H2,1-2H3,(H,27,33)/t20?,21-,26?/m1/s1. The fraction of sp³-hybridized carbons (Fsp3) is 0.692. The number of ether oxygens (including phenoxy) is 1. The van der Waals surface area contributed by atoms with Crippen LogP contribution in [0.25, 0.3) is 0 Å². The van der Waals surface area contributed by atoms with E-state index < -0.39 is 6.10 Å². The average Bonchev–Trinajstić information content (AvgIpc) is 3.12. The van der Waals surface area contributed by atoms with Crippen LogP contribution in [0.4, 0.5) is 5.69 Å². The molecule has 3 fully saturated rings. The first-order valence-corrected chi connectivity index (χ1v) is 12.7. The Morgan fingerprint density at radius 3 is 2.56 bits per heavy atom. The van der Waals surface area contributed by atoms with Gasteiger partial charge in [-0.05, 0) is 49.7 Å². The predicted molar refractivity (Wildman–Crippen MR) is 132 cm³/mol. The van der Waals surface area contributed by atoms with Crippen molar-refractivity contribution >= 4 is 17.5 Å². The van der Waals surface area contributed by atoms with Gasteiger partial charge in [-0.2, -0.15) is 0 Å². The number of likely N-dealkylation sites (tertiary alicyclic amines) is 1. The van der Waals surface area contributed by atoms with Gasteiger partial charge in [-0.3, -0.25) is 14.5 Å². The smallest absolute Gasteiger partial charge is 0.223 e. The first-order valence-electron chi connectivity index (χ1n) is 12.7. The number of piperazine rings is 1. The molecule has 0 bridgehead atoms. The molecule has 8 nitrogen and oxygen atoms in total. The molecule has 4 rings (SSSR count). The summed E-state index contributed by atoms with van der Waals surface area (Å²) in [6, 6.07) is 8.08. The molecule has 188 valence electrons. The molecule has 1 aromatic rings. The third-order valence-electron chi connectivity index (χ3n) is 7.99. The molecule has 1 aromatic carbocycles.